The van der Waals surface area contributed by atoms with Crippen molar-refractivity contribution in [2.45, 2.75) is 70.2 Å². The predicted octanol–water partition coefficient (Wildman–Crippen LogP) is 3.26. The van der Waals surface area contributed by atoms with Gasteiger partial charge in [-0.1, -0.05) is 6.92 Å². The van der Waals surface area contributed by atoms with Gasteiger partial charge in [-0.3, -0.25) is 9.59 Å². The topological polar surface area (TPSA) is 80.0 Å². The molecule has 2 heterocycles. The molecular formula is C22H24O5. The number of ether oxygens (including phenoxy) is 1. The van der Waals surface area contributed by atoms with Gasteiger partial charge < -0.3 is 14.3 Å². The van der Waals surface area contributed by atoms with Gasteiger partial charge in [0.05, 0.1) is 6.26 Å². The van der Waals surface area contributed by atoms with Crippen molar-refractivity contribution in [1.82, 2.24) is 0 Å². The van der Waals surface area contributed by atoms with E-state index in [1.807, 2.05) is 0 Å². The molecule has 0 radical (unpaired) electrons. The SMILES string of the molecule is CC(=O)[C@H]1CC[C@H]2C3=C(CC[C@]12C)[C@]1(C)c2c(coc2C3=O)[C@@H](O)[C@@H]2O[C@@H]21. The summed E-state index contributed by atoms with van der Waals surface area (Å²) >= 11 is 0. The van der Waals surface area contributed by atoms with Crippen LogP contribution in [0.25, 0.3) is 0 Å². The number of furan rings is 1. The molecule has 0 spiro atoms. The lowest BCUT2D eigenvalue weighted by atomic mass is 9.53. The van der Waals surface area contributed by atoms with Gasteiger partial charge in [-0.05, 0) is 56.4 Å². The molecule has 27 heavy (non-hydrogen) atoms. The number of hydrogen-bond donors (Lipinski definition) is 1. The van der Waals surface area contributed by atoms with E-state index in [4.69, 9.17) is 9.15 Å². The Morgan fingerprint density at radius 2 is 2.07 bits per heavy atom. The van der Waals surface area contributed by atoms with Gasteiger partial charge in [0.15, 0.2) is 5.76 Å². The second kappa shape index (κ2) is 4.64. The summed E-state index contributed by atoms with van der Waals surface area (Å²) in [5.74, 6) is 0.727. The third kappa shape index (κ3) is 1.62. The molecule has 2 fully saturated rings. The third-order valence-corrected chi connectivity index (χ3v) is 8.56. The minimum absolute atomic E-state index is 0.0313. The van der Waals surface area contributed by atoms with Crippen LogP contribution < -0.4 is 0 Å². The van der Waals surface area contributed by atoms with Gasteiger partial charge in [0.25, 0.3) is 0 Å². The van der Waals surface area contributed by atoms with Gasteiger partial charge in [-0.15, -0.1) is 0 Å². The first-order valence-corrected chi connectivity index (χ1v) is 10.0. The molecule has 1 N–H and O–H groups in total. The first-order valence-electron chi connectivity index (χ1n) is 10.0. The molecule has 1 aromatic rings. The molecule has 5 aliphatic rings. The number of aliphatic hydroxyl groups is 1. The van der Waals surface area contributed by atoms with E-state index >= 15 is 0 Å². The largest absolute Gasteiger partial charge is 0.460 e. The molecule has 4 aliphatic carbocycles. The van der Waals surface area contributed by atoms with Crippen molar-refractivity contribution < 1.29 is 23.8 Å². The number of allylic oxidation sites excluding steroid dienone is 1. The van der Waals surface area contributed by atoms with E-state index < -0.39 is 11.5 Å². The molecular weight excluding hydrogens is 344 g/mol. The van der Waals surface area contributed by atoms with Crippen LogP contribution in [-0.2, 0) is 14.9 Å². The zero-order valence-corrected chi connectivity index (χ0v) is 15.9. The van der Waals surface area contributed by atoms with Crippen molar-refractivity contribution in [3.8, 4) is 0 Å². The van der Waals surface area contributed by atoms with Gasteiger partial charge in [0.2, 0.25) is 5.78 Å². The number of fused-ring (bicyclic) bond motifs is 5. The molecule has 0 unspecified atom stereocenters. The van der Waals surface area contributed by atoms with Crippen molar-refractivity contribution in [1.29, 1.82) is 0 Å². The fourth-order valence-electron chi connectivity index (χ4n) is 7.18. The van der Waals surface area contributed by atoms with Gasteiger partial charge in [-0.2, -0.15) is 0 Å². The molecule has 5 heteroatoms. The van der Waals surface area contributed by atoms with E-state index in [1.54, 1.807) is 13.2 Å². The summed E-state index contributed by atoms with van der Waals surface area (Å²) in [6.07, 6.45) is 3.99. The number of carbonyl (C=O) groups excluding carboxylic acids is 2. The average molecular weight is 368 g/mol. The second-order valence-corrected chi connectivity index (χ2v) is 9.58. The maximum atomic E-state index is 13.5. The minimum atomic E-state index is -0.715. The van der Waals surface area contributed by atoms with Crippen LogP contribution >= 0.6 is 0 Å². The van der Waals surface area contributed by atoms with Crippen molar-refractivity contribution in [3.05, 3.63) is 34.3 Å². The standard InChI is InChI=1S/C22H24O5/c1-9(23)11-4-5-12-14-13(6-7-21(11,12)2)22(3)15-10(8-26-18(15)17(14)25)16(24)19-20(22)27-19/h8,11-12,16,19-20,24H,4-7H2,1-3H3/t11-,12+,16-,19+,20+,21-,22-/m1/s1. The van der Waals surface area contributed by atoms with Crippen LogP contribution in [0.1, 0.15) is 74.2 Å². The maximum Gasteiger partial charge on any atom is 0.224 e. The maximum absolute atomic E-state index is 13.5. The van der Waals surface area contributed by atoms with Gasteiger partial charge in [0.1, 0.15) is 24.1 Å². The van der Waals surface area contributed by atoms with E-state index in [1.165, 1.54) is 5.57 Å². The Morgan fingerprint density at radius 3 is 2.81 bits per heavy atom. The van der Waals surface area contributed by atoms with Crippen LogP contribution in [0.15, 0.2) is 21.8 Å². The van der Waals surface area contributed by atoms with Crippen LogP contribution in [0.2, 0.25) is 0 Å². The number of carbonyl (C=O) groups is 2. The lowest BCUT2D eigenvalue weighted by Gasteiger charge is -2.48. The monoisotopic (exact) mass is 368 g/mol. The van der Waals surface area contributed by atoms with Crippen LogP contribution in [-0.4, -0.2) is 28.9 Å². The second-order valence-electron chi connectivity index (χ2n) is 9.58. The highest BCUT2D eigenvalue weighted by atomic mass is 16.6. The van der Waals surface area contributed by atoms with Crippen molar-refractivity contribution in [2.75, 3.05) is 0 Å². The molecule has 0 amide bonds. The summed E-state index contributed by atoms with van der Waals surface area (Å²) in [6.45, 7) is 6.04. The molecule has 1 aromatic heterocycles. The zero-order valence-electron chi connectivity index (χ0n) is 15.9. The molecule has 5 nitrogen and oxygen atoms in total. The number of hydrogen-bond acceptors (Lipinski definition) is 5. The molecule has 7 atom stereocenters. The van der Waals surface area contributed by atoms with Crippen LogP contribution in [0, 0.1) is 17.3 Å². The van der Waals surface area contributed by atoms with Crippen molar-refractivity contribution in [2.24, 2.45) is 17.3 Å². The number of rotatable bonds is 1. The Hall–Kier alpha value is -1.72. The van der Waals surface area contributed by atoms with Crippen LogP contribution in [0.3, 0.4) is 0 Å². The Labute approximate surface area is 157 Å². The van der Waals surface area contributed by atoms with Crippen molar-refractivity contribution in [3.63, 3.8) is 0 Å². The van der Waals surface area contributed by atoms with E-state index in [0.717, 1.165) is 36.8 Å². The third-order valence-electron chi connectivity index (χ3n) is 8.56. The van der Waals surface area contributed by atoms with Gasteiger partial charge in [0, 0.05) is 28.0 Å². The van der Waals surface area contributed by atoms with Crippen molar-refractivity contribution >= 4 is 11.6 Å². The Morgan fingerprint density at radius 1 is 1.30 bits per heavy atom. The molecule has 142 valence electrons. The first-order chi connectivity index (χ1) is 12.8. The molecule has 0 bridgehead atoms. The fourth-order valence-corrected chi connectivity index (χ4v) is 7.18. The zero-order chi connectivity index (χ0) is 18.9. The highest BCUT2D eigenvalue weighted by Gasteiger charge is 2.68. The number of epoxide rings is 1. The summed E-state index contributed by atoms with van der Waals surface area (Å²) in [7, 11) is 0. The van der Waals surface area contributed by atoms with E-state index in [9.17, 15) is 14.7 Å². The van der Waals surface area contributed by atoms with E-state index in [2.05, 4.69) is 13.8 Å². The molecule has 1 aliphatic heterocycles. The molecule has 0 aromatic carbocycles. The lowest BCUT2D eigenvalue weighted by Crippen LogP contribution is -2.48. The Kier molecular flexibility index (Phi) is 2.79. The minimum Gasteiger partial charge on any atom is -0.460 e. The Balaban J connectivity index is 1.58. The van der Waals surface area contributed by atoms with Crippen LogP contribution in [0.5, 0.6) is 0 Å². The summed E-state index contributed by atoms with van der Waals surface area (Å²) < 4.78 is 11.7. The predicted molar refractivity (Wildman–Crippen MR) is 95.3 cm³/mol. The quantitative estimate of drug-likeness (QED) is 0.770. The normalized spacial score (nSPS) is 46.5. The summed E-state index contributed by atoms with van der Waals surface area (Å²) in [4.78, 5) is 25.8. The summed E-state index contributed by atoms with van der Waals surface area (Å²) in [5, 5.41) is 10.6. The van der Waals surface area contributed by atoms with E-state index in [-0.39, 0.29) is 41.0 Å². The Bertz CT molecular complexity index is 954. The summed E-state index contributed by atoms with van der Waals surface area (Å²) in [5.41, 5.74) is 3.07. The molecule has 1 saturated heterocycles. The molecule has 1 saturated carbocycles. The first kappa shape index (κ1) is 16.3. The fraction of sp³-hybridized carbons (Fsp3) is 0.636. The lowest BCUT2D eigenvalue weighted by molar-refractivity contribution is -0.124. The highest BCUT2D eigenvalue weighted by molar-refractivity contribution is 6.11. The smallest absolute Gasteiger partial charge is 0.224 e. The van der Waals surface area contributed by atoms with Crippen LogP contribution in [0.4, 0.5) is 0 Å². The number of ketones is 2. The highest BCUT2D eigenvalue weighted by Crippen LogP contribution is 2.66. The number of aliphatic hydroxyl groups excluding tert-OH is 1. The average Bonchev–Trinajstić information content (AvgIpc) is 3.17. The molecule has 6 rings (SSSR count). The van der Waals surface area contributed by atoms with Gasteiger partial charge in [-0.25, -0.2) is 0 Å². The van der Waals surface area contributed by atoms with E-state index in [0.29, 0.717) is 11.3 Å². The summed E-state index contributed by atoms with van der Waals surface area (Å²) in [6, 6.07) is 0. The van der Waals surface area contributed by atoms with Gasteiger partial charge >= 0.3 is 0 Å². The number of Topliss-reactive ketones (excluding diaryl/α,β-unsaturated/α-hetero) is 2.